The first-order valence-corrected chi connectivity index (χ1v) is 10.5. The number of Topliss-reactive ketones (excluding diaryl/α,β-unsaturated/α-hetero) is 1. The topological polar surface area (TPSA) is 72.9 Å². The van der Waals surface area contributed by atoms with Crippen LogP contribution >= 0.6 is 0 Å². The Bertz CT molecular complexity index is 979. The third kappa shape index (κ3) is 4.33. The summed E-state index contributed by atoms with van der Waals surface area (Å²) in [6.07, 6.45) is -0.320. The zero-order valence-corrected chi connectivity index (χ0v) is 18.7. The zero-order chi connectivity index (χ0) is 22.8. The van der Waals surface area contributed by atoms with Crippen molar-refractivity contribution in [1.29, 1.82) is 0 Å². The van der Waals surface area contributed by atoms with Crippen molar-refractivity contribution in [1.82, 2.24) is 0 Å². The third-order valence-corrected chi connectivity index (χ3v) is 5.42. The van der Waals surface area contributed by atoms with Crippen molar-refractivity contribution in [2.24, 2.45) is 5.41 Å². The van der Waals surface area contributed by atoms with Gasteiger partial charge in [-0.2, -0.15) is 0 Å². The molecule has 0 fully saturated rings. The minimum absolute atomic E-state index is 0.133. The number of carbonyl (C=O) groups excluding carboxylic acids is 3. The predicted molar refractivity (Wildman–Crippen MR) is 118 cm³/mol. The van der Waals surface area contributed by atoms with Gasteiger partial charge in [0.15, 0.2) is 5.78 Å². The van der Waals surface area contributed by atoms with Crippen LogP contribution in [-0.2, 0) is 20.7 Å². The lowest BCUT2D eigenvalue weighted by atomic mass is 9.69. The molecule has 2 aromatic rings. The molecule has 3 rings (SSSR count). The molecule has 0 saturated heterocycles. The van der Waals surface area contributed by atoms with Crippen molar-refractivity contribution >= 4 is 23.5 Å². The van der Waals surface area contributed by atoms with Gasteiger partial charge in [-0.15, -0.1) is 0 Å². The monoisotopic (exact) mass is 423 g/mol. The van der Waals surface area contributed by atoms with E-state index in [-0.39, 0.29) is 18.8 Å². The molecule has 1 amide bonds. The number of anilines is 1. The average Bonchev–Trinajstić information content (AvgIpc) is 2.71. The van der Waals surface area contributed by atoms with Gasteiger partial charge in [-0.05, 0) is 58.7 Å². The molecule has 0 saturated carbocycles. The van der Waals surface area contributed by atoms with Crippen LogP contribution in [0.25, 0.3) is 0 Å². The van der Waals surface area contributed by atoms with Crippen LogP contribution in [0.5, 0.6) is 0 Å². The van der Waals surface area contributed by atoms with Gasteiger partial charge in [-0.25, -0.2) is 4.79 Å². The van der Waals surface area contributed by atoms with Gasteiger partial charge in [0.05, 0.1) is 18.3 Å². The first-order valence-electron chi connectivity index (χ1n) is 10.5. The first kappa shape index (κ1) is 22.5. The van der Waals surface area contributed by atoms with E-state index in [1.165, 1.54) is 4.90 Å². The fraction of sp³-hybridized carbons (Fsp3) is 0.400. The highest BCUT2D eigenvalue weighted by Gasteiger charge is 2.57. The van der Waals surface area contributed by atoms with Crippen molar-refractivity contribution < 1.29 is 23.9 Å². The number of rotatable bonds is 4. The highest BCUT2D eigenvalue weighted by atomic mass is 16.6. The van der Waals surface area contributed by atoms with Crippen molar-refractivity contribution in [3.8, 4) is 0 Å². The molecule has 2 unspecified atom stereocenters. The van der Waals surface area contributed by atoms with Gasteiger partial charge in [0, 0.05) is 5.56 Å². The Morgan fingerprint density at radius 3 is 2.26 bits per heavy atom. The largest absolute Gasteiger partial charge is 0.465 e. The number of amides is 1. The summed E-state index contributed by atoms with van der Waals surface area (Å²) in [4.78, 5) is 41.6. The number of nitrogens with zero attached hydrogens (tertiary/aromatic N) is 1. The summed E-state index contributed by atoms with van der Waals surface area (Å²) in [6.45, 7) is 8.73. The number of benzene rings is 2. The van der Waals surface area contributed by atoms with Crippen LogP contribution in [-0.4, -0.2) is 36.1 Å². The van der Waals surface area contributed by atoms with Gasteiger partial charge in [-0.1, -0.05) is 42.5 Å². The van der Waals surface area contributed by atoms with E-state index >= 15 is 0 Å². The molecule has 0 N–H and O–H groups in total. The molecule has 164 valence electrons. The molecule has 0 spiro atoms. The second kappa shape index (κ2) is 8.53. The lowest BCUT2D eigenvalue weighted by Gasteiger charge is -2.46. The Labute approximate surface area is 183 Å². The van der Waals surface area contributed by atoms with Crippen LogP contribution in [0, 0.1) is 5.41 Å². The lowest BCUT2D eigenvalue weighted by Crippen LogP contribution is -2.62. The molecule has 2 aromatic carbocycles. The van der Waals surface area contributed by atoms with Gasteiger partial charge in [0.25, 0.3) is 0 Å². The maximum atomic E-state index is 13.6. The number of esters is 1. The van der Waals surface area contributed by atoms with Gasteiger partial charge >= 0.3 is 12.1 Å². The van der Waals surface area contributed by atoms with Crippen LogP contribution < -0.4 is 4.90 Å². The van der Waals surface area contributed by atoms with Gasteiger partial charge in [0.1, 0.15) is 11.0 Å². The molecule has 1 heterocycles. The summed E-state index contributed by atoms with van der Waals surface area (Å²) >= 11 is 0. The summed E-state index contributed by atoms with van der Waals surface area (Å²) in [6, 6.07) is 15.5. The summed E-state index contributed by atoms with van der Waals surface area (Å²) < 4.78 is 11.0. The minimum Gasteiger partial charge on any atom is -0.465 e. The molecule has 0 aliphatic carbocycles. The molecule has 1 aliphatic rings. The van der Waals surface area contributed by atoms with Crippen molar-refractivity contribution in [2.75, 3.05) is 11.5 Å². The molecule has 6 nitrogen and oxygen atoms in total. The van der Waals surface area contributed by atoms with E-state index in [0.29, 0.717) is 11.3 Å². The minimum atomic E-state index is -1.59. The quantitative estimate of drug-likeness (QED) is 0.521. The summed E-state index contributed by atoms with van der Waals surface area (Å²) in [5, 5.41) is 0. The molecule has 1 aliphatic heterocycles. The number of fused-ring (bicyclic) bond motifs is 1. The number of carbonyl (C=O) groups is 3. The molecule has 2 atom stereocenters. The van der Waals surface area contributed by atoms with Crippen molar-refractivity contribution in [2.45, 2.75) is 52.7 Å². The molecule has 0 bridgehead atoms. The Balaban J connectivity index is 2.21. The Kier molecular flexibility index (Phi) is 6.20. The van der Waals surface area contributed by atoms with Crippen molar-refractivity contribution in [3.63, 3.8) is 0 Å². The van der Waals surface area contributed by atoms with E-state index in [2.05, 4.69) is 0 Å². The maximum Gasteiger partial charge on any atom is 0.415 e. The third-order valence-electron chi connectivity index (χ3n) is 5.42. The summed E-state index contributed by atoms with van der Waals surface area (Å²) in [7, 11) is 0. The molecule has 0 radical (unpaired) electrons. The lowest BCUT2D eigenvalue weighted by molar-refractivity contribution is -0.152. The van der Waals surface area contributed by atoms with Gasteiger partial charge in [-0.3, -0.25) is 14.5 Å². The van der Waals surface area contributed by atoms with E-state index in [0.717, 1.165) is 5.56 Å². The number of hydrogen-bond acceptors (Lipinski definition) is 5. The van der Waals surface area contributed by atoms with Gasteiger partial charge < -0.3 is 9.47 Å². The normalized spacial score (nSPS) is 20.7. The van der Waals surface area contributed by atoms with E-state index < -0.39 is 29.1 Å². The van der Waals surface area contributed by atoms with Crippen LogP contribution in [0.4, 0.5) is 10.5 Å². The second-order valence-corrected chi connectivity index (χ2v) is 8.82. The van der Waals surface area contributed by atoms with E-state index in [9.17, 15) is 14.4 Å². The van der Waals surface area contributed by atoms with E-state index in [1.807, 2.05) is 30.3 Å². The van der Waals surface area contributed by atoms with Gasteiger partial charge in [0.2, 0.25) is 0 Å². The van der Waals surface area contributed by atoms with Crippen molar-refractivity contribution in [3.05, 3.63) is 65.7 Å². The van der Waals surface area contributed by atoms with Crippen LogP contribution in [0.2, 0.25) is 0 Å². The SMILES string of the molecule is CCOC(=O)C1(C)C(=O)c2ccccc2N(C(=O)OC(C)(C)C)C1Cc1ccccc1. The van der Waals surface area contributed by atoms with E-state index in [4.69, 9.17) is 9.47 Å². The molecular formula is C25H29NO5. The Hall–Kier alpha value is -3.15. The highest BCUT2D eigenvalue weighted by Crippen LogP contribution is 2.44. The second-order valence-electron chi connectivity index (χ2n) is 8.82. The Morgan fingerprint density at radius 1 is 1.03 bits per heavy atom. The maximum absolute atomic E-state index is 13.6. The smallest absolute Gasteiger partial charge is 0.415 e. The number of para-hydroxylation sites is 1. The fourth-order valence-electron chi connectivity index (χ4n) is 3.91. The predicted octanol–water partition coefficient (Wildman–Crippen LogP) is 4.81. The van der Waals surface area contributed by atoms with Crippen LogP contribution in [0.3, 0.4) is 0 Å². The Morgan fingerprint density at radius 2 is 1.65 bits per heavy atom. The molecule has 6 heteroatoms. The van der Waals surface area contributed by atoms with E-state index in [1.54, 1.807) is 58.9 Å². The summed E-state index contributed by atoms with van der Waals surface area (Å²) in [5.74, 6) is -1.01. The summed E-state index contributed by atoms with van der Waals surface area (Å²) in [5.41, 5.74) is -0.705. The number of ether oxygens (including phenoxy) is 2. The fourth-order valence-corrected chi connectivity index (χ4v) is 3.91. The first-order chi connectivity index (χ1) is 14.6. The molecular weight excluding hydrogens is 394 g/mol. The highest BCUT2D eigenvalue weighted by molar-refractivity contribution is 6.19. The van der Waals surface area contributed by atoms with Crippen LogP contribution in [0.15, 0.2) is 54.6 Å². The zero-order valence-electron chi connectivity index (χ0n) is 18.7. The molecule has 0 aromatic heterocycles. The van der Waals surface area contributed by atoms with Crippen LogP contribution in [0.1, 0.15) is 50.5 Å². The standard InChI is InChI=1S/C25H29NO5/c1-6-30-22(28)25(5)20(16-17-12-8-7-9-13-17)26(23(29)31-24(2,3)4)19-15-11-10-14-18(19)21(25)27/h7-15,20H,6,16H2,1-5H3. The number of ketones is 1. The average molecular weight is 424 g/mol. The number of hydrogen-bond donors (Lipinski definition) is 0. The molecule has 31 heavy (non-hydrogen) atoms.